The molecule has 5 rings (SSSR count). The minimum Gasteiger partial charge on any atom is -0.505 e. The minimum atomic E-state index is -0.880. The lowest BCUT2D eigenvalue weighted by molar-refractivity contribution is -0.233. The molecule has 2 N–H and O–H groups in total. The standard InChI is InChI=1S/C30H30N2O7/c1-17-22(37-24-13-12-23(36-4)30(2,3)39-24)11-10-21-26(33)25(29(35)38-27(17)21)32-28(34)19-8-5-7-18(15-19)20-9-6-14-31-16-20/h5-11,14-16,23-24,33H,12-13H2,1-4H3,(H,32,34)/t23-,24-/m1/s1. The number of nitrogens with zero attached hydrogens (tertiary/aromatic N) is 1. The topological polar surface area (TPSA) is 120 Å². The maximum absolute atomic E-state index is 13.0. The van der Waals surface area contributed by atoms with E-state index in [2.05, 4.69) is 10.3 Å². The van der Waals surface area contributed by atoms with E-state index in [-0.39, 0.29) is 28.5 Å². The first-order chi connectivity index (χ1) is 18.7. The number of aryl methyl sites for hydroxylation is 1. The highest BCUT2D eigenvalue weighted by atomic mass is 16.7. The van der Waals surface area contributed by atoms with Gasteiger partial charge in [0.15, 0.2) is 11.4 Å². The van der Waals surface area contributed by atoms with Gasteiger partial charge in [-0.05, 0) is 63.1 Å². The van der Waals surface area contributed by atoms with E-state index in [0.29, 0.717) is 23.3 Å². The van der Waals surface area contributed by atoms with E-state index in [1.807, 2.05) is 26.0 Å². The number of carbonyl (C=O) groups excluding carboxylic acids is 1. The summed E-state index contributed by atoms with van der Waals surface area (Å²) in [7, 11) is 1.66. The maximum atomic E-state index is 13.0. The fourth-order valence-corrected chi connectivity index (χ4v) is 4.90. The Morgan fingerprint density at radius 2 is 1.92 bits per heavy atom. The summed E-state index contributed by atoms with van der Waals surface area (Å²) in [6.45, 7) is 5.63. The average molecular weight is 531 g/mol. The molecule has 9 nitrogen and oxygen atoms in total. The first-order valence-electron chi connectivity index (χ1n) is 12.7. The van der Waals surface area contributed by atoms with Crippen molar-refractivity contribution in [2.75, 3.05) is 12.4 Å². The molecule has 1 saturated heterocycles. The van der Waals surface area contributed by atoms with E-state index < -0.39 is 23.4 Å². The summed E-state index contributed by atoms with van der Waals surface area (Å²) in [5.41, 5.74) is 0.879. The van der Waals surface area contributed by atoms with Crippen molar-refractivity contribution in [3.63, 3.8) is 0 Å². The van der Waals surface area contributed by atoms with Crippen LogP contribution in [0.25, 0.3) is 22.1 Å². The number of pyridine rings is 1. The molecule has 1 aliphatic heterocycles. The van der Waals surface area contributed by atoms with Crippen LogP contribution in [0.4, 0.5) is 5.69 Å². The third kappa shape index (κ3) is 5.23. The summed E-state index contributed by atoms with van der Waals surface area (Å²) >= 11 is 0. The molecule has 1 fully saturated rings. The van der Waals surface area contributed by atoms with Crippen LogP contribution in [0.3, 0.4) is 0 Å². The van der Waals surface area contributed by atoms with Gasteiger partial charge in [0.1, 0.15) is 11.3 Å². The predicted molar refractivity (Wildman–Crippen MR) is 146 cm³/mol. The van der Waals surface area contributed by atoms with Gasteiger partial charge in [-0.1, -0.05) is 18.2 Å². The lowest BCUT2D eigenvalue weighted by Crippen LogP contribution is -2.49. The molecule has 1 amide bonds. The Morgan fingerprint density at radius 1 is 1.13 bits per heavy atom. The Labute approximate surface area is 225 Å². The lowest BCUT2D eigenvalue weighted by Gasteiger charge is -2.41. The van der Waals surface area contributed by atoms with Gasteiger partial charge in [0, 0.05) is 42.6 Å². The van der Waals surface area contributed by atoms with Crippen LogP contribution >= 0.6 is 0 Å². The number of benzene rings is 2. The molecule has 0 spiro atoms. The molecular formula is C30H30N2O7. The number of nitrogens with one attached hydrogen (secondary N) is 1. The van der Waals surface area contributed by atoms with Gasteiger partial charge in [-0.25, -0.2) is 4.79 Å². The van der Waals surface area contributed by atoms with Crippen LogP contribution in [0.5, 0.6) is 11.5 Å². The van der Waals surface area contributed by atoms with E-state index >= 15 is 0 Å². The monoisotopic (exact) mass is 530 g/mol. The normalized spacial score (nSPS) is 18.6. The van der Waals surface area contributed by atoms with Crippen LogP contribution in [0.2, 0.25) is 0 Å². The third-order valence-electron chi connectivity index (χ3n) is 7.02. The number of aromatic hydroxyl groups is 1. The van der Waals surface area contributed by atoms with Crippen LogP contribution < -0.4 is 15.7 Å². The van der Waals surface area contributed by atoms with Gasteiger partial charge >= 0.3 is 5.63 Å². The van der Waals surface area contributed by atoms with Crippen LogP contribution in [0.15, 0.2) is 70.1 Å². The molecule has 3 heterocycles. The first kappa shape index (κ1) is 26.4. The maximum Gasteiger partial charge on any atom is 0.364 e. The zero-order chi connectivity index (χ0) is 27.7. The second-order valence-electron chi connectivity index (χ2n) is 10.0. The van der Waals surface area contributed by atoms with Crippen molar-refractivity contribution in [3.8, 4) is 22.6 Å². The van der Waals surface area contributed by atoms with Crippen molar-refractivity contribution in [1.29, 1.82) is 0 Å². The van der Waals surface area contributed by atoms with E-state index in [9.17, 15) is 14.7 Å². The molecule has 2 aromatic heterocycles. The predicted octanol–water partition coefficient (Wildman–Crippen LogP) is 5.43. The zero-order valence-corrected chi connectivity index (χ0v) is 22.2. The highest BCUT2D eigenvalue weighted by molar-refractivity contribution is 6.07. The Balaban J connectivity index is 1.40. The van der Waals surface area contributed by atoms with Crippen molar-refractivity contribution in [1.82, 2.24) is 4.98 Å². The van der Waals surface area contributed by atoms with Gasteiger partial charge in [0.05, 0.1) is 17.1 Å². The minimum absolute atomic E-state index is 0.0449. The van der Waals surface area contributed by atoms with Gasteiger partial charge in [-0.2, -0.15) is 0 Å². The SMILES string of the molecule is CO[C@@H]1CC[C@H](Oc2ccc3c(O)c(NC(=O)c4cccc(-c5cccnc5)c4)c(=O)oc3c2C)OC1(C)C. The van der Waals surface area contributed by atoms with E-state index in [1.165, 1.54) is 0 Å². The number of hydrogen-bond donors (Lipinski definition) is 2. The van der Waals surface area contributed by atoms with Crippen LogP contribution in [-0.2, 0) is 9.47 Å². The number of amides is 1. The molecule has 1 aliphatic rings. The number of hydrogen-bond acceptors (Lipinski definition) is 8. The number of anilines is 1. The number of aromatic nitrogens is 1. The smallest absolute Gasteiger partial charge is 0.364 e. The summed E-state index contributed by atoms with van der Waals surface area (Å²) in [5, 5.41) is 13.7. The quantitative estimate of drug-likeness (QED) is 0.317. The zero-order valence-electron chi connectivity index (χ0n) is 22.2. The fourth-order valence-electron chi connectivity index (χ4n) is 4.90. The molecule has 2 aromatic carbocycles. The van der Waals surface area contributed by atoms with E-state index in [1.54, 1.807) is 62.8 Å². The Morgan fingerprint density at radius 3 is 2.64 bits per heavy atom. The number of carbonyl (C=O) groups is 1. The molecule has 39 heavy (non-hydrogen) atoms. The third-order valence-corrected chi connectivity index (χ3v) is 7.02. The number of methoxy groups -OCH3 is 1. The summed E-state index contributed by atoms with van der Waals surface area (Å²) < 4.78 is 23.3. The molecule has 0 saturated carbocycles. The molecule has 4 aromatic rings. The molecule has 2 atom stereocenters. The van der Waals surface area contributed by atoms with Crippen LogP contribution in [-0.4, -0.2) is 41.1 Å². The molecule has 0 bridgehead atoms. The van der Waals surface area contributed by atoms with Crippen LogP contribution in [0.1, 0.15) is 42.6 Å². The molecule has 202 valence electrons. The second-order valence-corrected chi connectivity index (χ2v) is 10.0. The Bertz CT molecular complexity index is 1580. The van der Waals surface area contributed by atoms with Crippen molar-refractivity contribution in [2.45, 2.75) is 51.6 Å². The van der Waals surface area contributed by atoms with Gasteiger partial charge in [-0.15, -0.1) is 0 Å². The molecule has 0 unspecified atom stereocenters. The van der Waals surface area contributed by atoms with Gasteiger partial charge in [-0.3, -0.25) is 9.78 Å². The highest BCUT2D eigenvalue weighted by Crippen LogP contribution is 2.37. The van der Waals surface area contributed by atoms with E-state index in [0.717, 1.165) is 17.5 Å². The number of fused-ring (bicyclic) bond motifs is 1. The summed E-state index contributed by atoms with van der Waals surface area (Å²) in [4.78, 5) is 30.0. The summed E-state index contributed by atoms with van der Waals surface area (Å²) in [6.07, 6.45) is 4.20. The van der Waals surface area contributed by atoms with Crippen molar-refractivity contribution >= 4 is 22.6 Å². The molecule has 0 radical (unpaired) electrons. The summed E-state index contributed by atoms with van der Waals surface area (Å²) in [6, 6.07) is 13.8. The van der Waals surface area contributed by atoms with Gasteiger partial charge in [0.25, 0.3) is 5.91 Å². The molecular weight excluding hydrogens is 500 g/mol. The Hall–Kier alpha value is -4.21. The van der Waals surface area contributed by atoms with Gasteiger partial charge < -0.3 is 29.1 Å². The number of rotatable bonds is 6. The first-order valence-corrected chi connectivity index (χ1v) is 12.7. The fraction of sp³-hybridized carbons (Fsp3) is 0.300. The van der Waals surface area contributed by atoms with Crippen molar-refractivity contribution in [3.05, 3.63) is 82.5 Å². The van der Waals surface area contributed by atoms with Crippen molar-refractivity contribution < 1.29 is 28.5 Å². The second kappa shape index (κ2) is 10.5. The molecule has 9 heteroatoms. The largest absolute Gasteiger partial charge is 0.505 e. The average Bonchev–Trinajstić information content (AvgIpc) is 2.93. The lowest BCUT2D eigenvalue weighted by atomic mass is 9.94. The Kier molecular flexibility index (Phi) is 7.12. The molecule has 0 aliphatic carbocycles. The van der Waals surface area contributed by atoms with Crippen LogP contribution in [0, 0.1) is 6.92 Å². The van der Waals surface area contributed by atoms with E-state index in [4.69, 9.17) is 18.6 Å². The van der Waals surface area contributed by atoms with Gasteiger partial charge in [0.2, 0.25) is 6.29 Å². The highest BCUT2D eigenvalue weighted by Gasteiger charge is 2.39. The van der Waals surface area contributed by atoms with Crippen molar-refractivity contribution in [2.24, 2.45) is 0 Å². The number of ether oxygens (including phenoxy) is 3. The summed E-state index contributed by atoms with van der Waals surface area (Å²) in [5.74, 6) is -0.484.